The number of nitrogens with zero attached hydrogens (tertiary/aromatic N) is 2. The van der Waals surface area contributed by atoms with E-state index in [9.17, 15) is 14.4 Å². The van der Waals surface area contributed by atoms with Crippen molar-refractivity contribution in [2.24, 2.45) is 0 Å². The van der Waals surface area contributed by atoms with Crippen LogP contribution in [-0.2, 0) is 9.59 Å². The first kappa shape index (κ1) is 17.1. The zero-order valence-electron chi connectivity index (χ0n) is 13.9. The maximum absolute atomic E-state index is 12.2. The molecule has 1 fully saturated rings. The number of nitrogens with one attached hydrogen (secondary N) is 2. The molecular weight excluding hydrogens is 340 g/mol. The molecule has 0 bridgehead atoms. The van der Waals surface area contributed by atoms with E-state index in [2.05, 4.69) is 15.6 Å². The van der Waals surface area contributed by atoms with Crippen molar-refractivity contribution in [3.63, 3.8) is 0 Å². The van der Waals surface area contributed by atoms with Crippen molar-refractivity contribution < 1.29 is 14.4 Å². The molecule has 3 rings (SSSR count). The summed E-state index contributed by atoms with van der Waals surface area (Å²) >= 11 is 1.51. The normalized spacial score (nSPS) is 17.2. The van der Waals surface area contributed by atoms with Gasteiger partial charge in [-0.3, -0.25) is 14.5 Å². The third-order valence-corrected chi connectivity index (χ3v) is 4.63. The number of aromatic nitrogens is 1. The summed E-state index contributed by atoms with van der Waals surface area (Å²) in [5.74, 6) is -0.636. The molecule has 0 spiro atoms. The fraction of sp³-hybridized carbons (Fsp3) is 0.294. The molecule has 2 heterocycles. The van der Waals surface area contributed by atoms with E-state index in [4.69, 9.17) is 0 Å². The van der Waals surface area contributed by atoms with Crippen molar-refractivity contribution in [3.05, 3.63) is 35.8 Å². The highest BCUT2D eigenvalue weighted by atomic mass is 32.1. The van der Waals surface area contributed by atoms with Gasteiger partial charge in [0, 0.05) is 28.9 Å². The van der Waals surface area contributed by atoms with Crippen LogP contribution in [0.1, 0.15) is 20.3 Å². The highest BCUT2D eigenvalue weighted by molar-refractivity contribution is 7.13. The summed E-state index contributed by atoms with van der Waals surface area (Å²) in [6, 6.07) is 5.72. The number of imide groups is 1. The summed E-state index contributed by atoms with van der Waals surface area (Å²) in [5.41, 5.74) is 1.48. The standard InChI is InChI=1S/C17H18N4O3S/c1-10(2)21-14(22)9-13(16(21)23)20-17(24)19-12-5-3-4-11(8-12)15-18-6-7-25-15/h3-8,10,13H,9H2,1-2H3,(H2,19,20,24). The van der Waals surface area contributed by atoms with E-state index in [-0.39, 0.29) is 24.3 Å². The summed E-state index contributed by atoms with van der Waals surface area (Å²) in [6.07, 6.45) is 1.71. The number of amides is 4. The molecule has 7 nitrogen and oxygen atoms in total. The number of hydrogen-bond acceptors (Lipinski definition) is 5. The second kappa shape index (κ2) is 7.02. The maximum atomic E-state index is 12.2. The topological polar surface area (TPSA) is 91.4 Å². The summed E-state index contributed by atoms with van der Waals surface area (Å²) in [4.78, 5) is 41.7. The van der Waals surface area contributed by atoms with Crippen LogP contribution < -0.4 is 10.6 Å². The number of anilines is 1. The van der Waals surface area contributed by atoms with Crippen LogP contribution in [0.25, 0.3) is 10.6 Å². The molecule has 0 aliphatic carbocycles. The van der Waals surface area contributed by atoms with E-state index < -0.39 is 12.1 Å². The van der Waals surface area contributed by atoms with Crippen LogP contribution in [0, 0.1) is 0 Å². The van der Waals surface area contributed by atoms with Gasteiger partial charge in [-0.1, -0.05) is 12.1 Å². The van der Waals surface area contributed by atoms with Crippen LogP contribution in [-0.4, -0.2) is 39.8 Å². The summed E-state index contributed by atoms with van der Waals surface area (Å²) in [5, 5.41) is 8.00. The van der Waals surface area contributed by atoms with Gasteiger partial charge in [0.25, 0.3) is 5.91 Å². The number of benzene rings is 1. The third kappa shape index (κ3) is 3.69. The molecule has 130 valence electrons. The molecular formula is C17H18N4O3S. The van der Waals surface area contributed by atoms with E-state index in [1.165, 1.54) is 16.2 Å². The highest BCUT2D eigenvalue weighted by Crippen LogP contribution is 2.24. The molecule has 1 aromatic carbocycles. The van der Waals surface area contributed by atoms with Gasteiger partial charge in [0.1, 0.15) is 11.0 Å². The van der Waals surface area contributed by atoms with E-state index in [1.807, 2.05) is 17.5 Å². The molecule has 1 aliphatic rings. The Bertz CT molecular complexity index is 804. The number of rotatable bonds is 4. The van der Waals surface area contributed by atoms with Crippen LogP contribution in [0.4, 0.5) is 10.5 Å². The highest BCUT2D eigenvalue weighted by Gasteiger charge is 2.40. The molecule has 25 heavy (non-hydrogen) atoms. The largest absolute Gasteiger partial charge is 0.326 e. The van der Waals surface area contributed by atoms with Gasteiger partial charge in [-0.2, -0.15) is 0 Å². The molecule has 4 amide bonds. The van der Waals surface area contributed by atoms with Crippen LogP contribution in [0.15, 0.2) is 35.8 Å². The monoisotopic (exact) mass is 358 g/mol. The molecule has 0 saturated carbocycles. The molecule has 1 aliphatic heterocycles. The van der Waals surface area contributed by atoms with Crippen molar-refractivity contribution in [1.29, 1.82) is 0 Å². The molecule has 1 unspecified atom stereocenters. The van der Waals surface area contributed by atoms with Crippen molar-refractivity contribution in [2.45, 2.75) is 32.4 Å². The number of carbonyl (C=O) groups excluding carboxylic acids is 3. The molecule has 8 heteroatoms. The minimum atomic E-state index is -0.822. The molecule has 2 aromatic rings. The summed E-state index contributed by atoms with van der Waals surface area (Å²) in [6.45, 7) is 3.53. The van der Waals surface area contributed by atoms with Gasteiger partial charge in [0.2, 0.25) is 5.91 Å². The van der Waals surface area contributed by atoms with Crippen LogP contribution in [0.5, 0.6) is 0 Å². The first-order chi connectivity index (χ1) is 12.0. The zero-order valence-corrected chi connectivity index (χ0v) is 14.7. The molecule has 1 saturated heterocycles. The molecule has 2 N–H and O–H groups in total. The fourth-order valence-corrected chi connectivity index (χ4v) is 3.36. The van der Waals surface area contributed by atoms with E-state index in [0.29, 0.717) is 5.69 Å². The lowest BCUT2D eigenvalue weighted by Gasteiger charge is -2.19. The number of carbonyl (C=O) groups is 3. The van der Waals surface area contributed by atoms with Gasteiger partial charge in [-0.25, -0.2) is 9.78 Å². The van der Waals surface area contributed by atoms with E-state index in [0.717, 1.165) is 10.6 Å². The molecule has 1 atom stereocenters. The van der Waals surface area contributed by atoms with Crippen LogP contribution in [0.2, 0.25) is 0 Å². The van der Waals surface area contributed by atoms with Gasteiger partial charge < -0.3 is 10.6 Å². The number of urea groups is 1. The Balaban J connectivity index is 1.65. The van der Waals surface area contributed by atoms with Gasteiger partial charge in [-0.05, 0) is 26.0 Å². The molecule has 1 aromatic heterocycles. The van der Waals surface area contributed by atoms with Gasteiger partial charge in [-0.15, -0.1) is 11.3 Å². The summed E-state index contributed by atoms with van der Waals surface area (Å²) < 4.78 is 0. The average molecular weight is 358 g/mol. The van der Waals surface area contributed by atoms with Gasteiger partial charge in [0.15, 0.2) is 0 Å². The average Bonchev–Trinajstić information content (AvgIpc) is 3.16. The summed E-state index contributed by atoms with van der Waals surface area (Å²) in [7, 11) is 0. The van der Waals surface area contributed by atoms with E-state index >= 15 is 0 Å². The lowest BCUT2D eigenvalue weighted by Crippen LogP contribution is -2.45. The fourth-order valence-electron chi connectivity index (χ4n) is 2.73. The van der Waals surface area contributed by atoms with Crippen molar-refractivity contribution in [3.8, 4) is 10.6 Å². The first-order valence-electron chi connectivity index (χ1n) is 7.89. The Morgan fingerprint density at radius 1 is 1.36 bits per heavy atom. The number of thiazole rings is 1. The van der Waals surface area contributed by atoms with Gasteiger partial charge in [0.05, 0.1) is 6.42 Å². The van der Waals surface area contributed by atoms with E-state index in [1.54, 1.807) is 32.2 Å². The van der Waals surface area contributed by atoms with Crippen LogP contribution in [0.3, 0.4) is 0 Å². The predicted octanol–water partition coefficient (Wildman–Crippen LogP) is 2.47. The van der Waals surface area contributed by atoms with Crippen LogP contribution >= 0.6 is 11.3 Å². The maximum Gasteiger partial charge on any atom is 0.319 e. The Morgan fingerprint density at radius 2 is 2.16 bits per heavy atom. The SMILES string of the molecule is CC(C)N1C(=O)CC(NC(=O)Nc2cccc(-c3nccs3)c2)C1=O. The van der Waals surface area contributed by atoms with Crippen molar-refractivity contribution in [2.75, 3.05) is 5.32 Å². The second-order valence-corrected chi connectivity index (χ2v) is 6.86. The smallest absolute Gasteiger partial charge is 0.319 e. The number of likely N-dealkylation sites (tertiary alicyclic amines) is 1. The lowest BCUT2D eigenvalue weighted by atomic mass is 10.2. The quantitative estimate of drug-likeness (QED) is 0.822. The minimum absolute atomic E-state index is 0.0103. The Kier molecular flexibility index (Phi) is 4.80. The van der Waals surface area contributed by atoms with Crippen molar-refractivity contribution in [1.82, 2.24) is 15.2 Å². The first-order valence-corrected chi connectivity index (χ1v) is 8.77. The second-order valence-electron chi connectivity index (χ2n) is 5.97. The predicted molar refractivity (Wildman–Crippen MR) is 95.1 cm³/mol. The van der Waals surface area contributed by atoms with Gasteiger partial charge >= 0.3 is 6.03 Å². The minimum Gasteiger partial charge on any atom is -0.326 e. The van der Waals surface area contributed by atoms with Crippen molar-refractivity contribution >= 4 is 34.9 Å². The molecule has 0 radical (unpaired) electrons. The third-order valence-electron chi connectivity index (χ3n) is 3.80. The Hall–Kier alpha value is -2.74. The number of hydrogen-bond donors (Lipinski definition) is 2. The Morgan fingerprint density at radius 3 is 2.80 bits per heavy atom. The lowest BCUT2D eigenvalue weighted by molar-refractivity contribution is -0.140. The Labute approximate surface area is 149 Å². The zero-order chi connectivity index (χ0) is 18.0.